The van der Waals surface area contributed by atoms with Gasteiger partial charge in [-0.2, -0.15) is 0 Å². The highest BCUT2D eigenvalue weighted by Gasteiger charge is 2.28. The largest absolute Gasteiger partial charge is 0.377 e. The van der Waals surface area contributed by atoms with E-state index >= 15 is 0 Å². The first-order valence-electron chi connectivity index (χ1n) is 4.04. The van der Waals surface area contributed by atoms with Crippen LogP contribution in [0.25, 0.3) is 0 Å². The quantitative estimate of drug-likeness (QED) is 0.497. The van der Waals surface area contributed by atoms with Gasteiger partial charge in [-0.25, -0.2) is 0 Å². The van der Waals surface area contributed by atoms with Crippen molar-refractivity contribution in [3.63, 3.8) is 0 Å². The Balaban J connectivity index is 1.97. The fraction of sp³-hybridized carbons (Fsp3) is 0.750. The molecule has 1 N–H and O–H groups in total. The van der Waals surface area contributed by atoms with E-state index in [0.717, 1.165) is 26.4 Å². The highest BCUT2D eigenvalue weighted by molar-refractivity contribution is 4.92. The van der Waals surface area contributed by atoms with Crippen LogP contribution in [0, 0.1) is 0 Å². The molecule has 0 saturated carbocycles. The summed E-state index contributed by atoms with van der Waals surface area (Å²) in [5, 5.41) is 3.35. The number of fused-ring (bicyclic) bond motifs is 1. The molecule has 3 heteroatoms. The Kier molecular flexibility index (Phi) is 2.21. The first-order chi connectivity index (χ1) is 5.47. The van der Waals surface area contributed by atoms with Crippen LogP contribution in [0.2, 0.25) is 0 Å². The Labute approximate surface area is 66.4 Å². The van der Waals surface area contributed by atoms with Crippen molar-refractivity contribution in [1.29, 1.82) is 0 Å². The molecule has 0 aromatic carbocycles. The molecular formula is C8H13NO2. The molecule has 2 heterocycles. The highest BCUT2D eigenvalue weighted by Crippen LogP contribution is 2.10. The summed E-state index contributed by atoms with van der Waals surface area (Å²) >= 11 is 0. The average Bonchev–Trinajstić information content (AvgIpc) is 2.35. The maximum atomic E-state index is 5.53. The van der Waals surface area contributed by atoms with Crippen molar-refractivity contribution in [3.8, 4) is 0 Å². The Hall–Kier alpha value is -0.380. The van der Waals surface area contributed by atoms with Crippen LogP contribution in [0.1, 0.15) is 0 Å². The van der Waals surface area contributed by atoms with Crippen LogP contribution in [0.4, 0.5) is 0 Å². The van der Waals surface area contributed by atoms with Crippen LogP contribution in [0.3, 0.4) is 0 Å². The summed E-state index contributed by atoms with van der Waals surface area (Å²) < 4.78 is 10.8. The molecule has 0 radical (unpaired) electrons. The van der Waals surface area contributed by atoms with Crippen molar-refractivity contribution in [2.75, 3.05) is 26.4 Å². The minimum Gasteiger partial charge on any atom is -0.377 e. The van der Waals surface area contributed by atoms with Gasteiger partial charge in [0.05, 0.1) is 32.0 Å². The number of nitrogens with one attached hydrogen (secondary N) is 1. The van der Waals surface area contributed by atoms with Gasteiger partial charge in [0.1, 0.15) is 0 Å². The van der Waals surface area contributed by atoms with Gasteiger partial charge in [0.15, 0.2) is 0 Å². The predicted molar refractivity (Wildman–Crippen MR) is 41.5 cm³/mol. The predicted octanol–water partition coefficient (Wildman–Crippen LogP) is -0.0702. The van der Waals surface area contributed by atoms with Crippen molar-refractivity contribution in [3.05, 3.63) is 12.2 Å². The van der Waals surface area contributed by atoms with Crippen LogP contribution >= 0.6 is 0 Å². The van der Waals surface area contributed by atoms with Gasteiger partial charge >= 0.3 is 0 Å². The average molecular weight is 155 g/mol. The van der Waals surface area contributed by atoms with Crippen molar-refractivity contribution in [2.45, 2.75) is 12.1 Å². The van der Waals surface area contributed by atoms with Gasteiger partial charge in [0.2, 0.25) is 0 Å². The number of ether oxygens (including phenoxy) is 2. The third kappa shape index (κ3) is 1.61. The monoisotopic (exact) mass is 155 g/mol. The molecule has 2 atom stereocenters. The maximum absolute atomic E-state index is 5.53. The van der Waals surface area contributed by atoms with Crippen LogP contribution in [0.5, 0.6) is 0 Å². The molecule has 0 spiro atoms. The summed E-state index contributed by atoms with van der Waals surface area (Å²) in [7, 11) is 0. The van der Waals surface area contributed by atoms with Crippen molar-refractivity contribution < 1.29 is 9.47 Å². The third-order valence-corrected chi connectivity index (χ3v) is 2.10. The van der Waals surface area contributed by atoms with E-state index in [1.807, 2.05) is 6.08 Å². The Bertz CT molecular complexity index is 142. The van der Waals surface area contributed by atoms with E-state index in [4.69, 9.17) is 9.47 Å². The maximum Gasteiger partial charge on any atom is 0.0987 e. The molecule has 0 aromatic rings. The van der Waals surface area contributed by atoms with Crippen LogP contribution in [-0.4, -0.2) is 38.5 Å². The molecule has 3 nitrogen and oxygen atoms in total. The van der Waals surface area contributed by atoms with Crippen LogP contribution < -0.4 is 5.32 Å². The SMILES string of the molecule is C1=C\CO[C@H]2COC[C@@H]2NC/1. The molecule has 11 heavy (non-hydrogen) atoms. The Morgan fingerprint density at radius 3 is 3.27 bits per heavy atom. The summed E-state index contributed by atoms with van der Waals surface area (Å²) in [5.41, 5.74) is 0. The van der Waals surface area contributed by atoms with Gasteiger partial charge in [0.25, 0.3) is 0 Å². The number of rotatable bonds is 0. The minimum atomic E-state index is 0.264. The highest BCUT2D eigenvalue weighted by atomic mass is 16.5. The zero-order valence-electron chi connectivity index (χ0n) is 6.45. The standard InChI is InChI=1S/C8H13NO2/c1-2-4-11-8-6-10-5-7(8)9-3-1/h1-2,7-9H,3-6H2/b2-1-/t7-,8-/m0/s1. The molecule has 0 bridgehead atoms. The molecule has 0 aliphatic carbocycles. The molecule has 2 aliphatic heterocycles. The molecule has 1 saturated heterocycles. The molecule has 1 fully saturated rings. The smallest absolute Gasteiger partial charge is 0.0987 e. The third-order valence-electron chi connectivity index (χ3n) is 2.10. The van der Waals surface area contributed by atoms with Gasteiger partial charge in [-0.3, -0.25) is 0 Å². The van der Waals surface area contributed by atoms with E-state index in [9.17, 15) is 0 Å². The van der Waals surface area contributed by atoms with Gasteiger partial charge in [-0.1, -0.05) is 12.2 Å². The van der Waals surface area contributed by atoms with Crippen LogP contribution in [0.15, 0.2) is 12.2 Å². The first kappa shape index (κ1) is 7.28. The molecule has 2 aliphatic rings. The van der Waals surface area contributed by atoms with E-state index in [2.05, 4.69) is 11.4 Å². The summed E-state index contributed by atoms with van der Waals surface area (Å²) in [6.45, 7) is 3.20. The Morgan fingerprint density at radius 2 is 2.27 bits per heavy atom. The molecular weight excluding hydrogens is 142 g/mol. The molecule has 0 amide bonds. The lowest BCUT2D eigenvalue weighted by atomic mass is 10.2. The van der Waals surface area contributed by atoms with Gasteiger partial charge in [0, 0.05) is 6.54 Å². The fourth-order valence-electron chi connectivity index (χ4n) is 1.44. The van der Waals surface area contributed by atoms with Gasteiger partial charge in [-0.05, 0) is 0 Å². The second kappa shape index (κ2) is 3.34. The molecule has 0 aromatic heterocycles. The summed E-state index contributed by atoms with van der Waals surface area (Å²) in [6, 6.07) is 0.403. The minimum absolute atomic E-state index is 0.264. The van der Waals surface area contributed by atoms with E-state index in [1.165, 1.54) is 0 Å². The van der Waals surface area contributed by atoms with Crippen molar-refractivity contribution >= 4 is 0 Å². The summed E-state index contributed by atoms with van der Waals surface area (Å²) in [5.74, 6) is 0. The van der Waals surface area contributed by atoms with E-state index in [-0.39, 0.29) is 6.10 Å². The molecule has 2 rings (SSSR count). The summed E-state index contributed by atoms with van der Waals surface area (Å²) in [6.07, 6.45) is 4.40. The lowest BCUT2D eigenvalue weighted by molar-refractivity contribution is 0.0495. The van der Waals surface area contributed by atoms with Gasteiger partial charge in [-0.15, -0.1) is 0 Å². The lowest BCUT2D eigenvalue weighted by Crippen LogP contribution is -2.41. The fourth-order valence-corrected chi connectivity index (χ4v) is 1.44. The van der Waals surface area contributed by atoms with E-state index in [0.29, 0.717) is 6.04 Å². The normalized spacial score (nSPS) is 40.7. The van der Waals surface area contributed by atoms with Crippen LogP contribution in [-0.2, 0) is 9.47 Å². The summed E-state index contributed by atoms with van der Waals surface area (Å²) in [4.78, 5) is 0. The second-order valence-electron chi connectivity index (χ2n) is 2.90. The zero-order chi connectivity index (χ0) is 7.52. The first-order valence-corrected chi connectivity index (χ1v) is 4.04. The molecule has 62 valence electrons. The number of hydrogen-bond donors (Lipinski definition) is 1. The van der Waals surface area contributed by atoms with Crippen molar-refractivity contribution in [1.82, 2.24) is 5.32 Å². The second-order valence-corrected chi connectivity index (χ2v) is 2.90. The van der Waals surface area contributed by atoms with Crippen molar-refractivity contribution in [2.24, 2.45) is 0 Å². The van der Waals surface area contributed by atoms with E-state index < -0.39 is 0 Å². The molecule has 0 unspecified atom stereocenters. The Morgan fingerprint density at radius 1 is 1.27 bits per heavy atom. The lowest BCUT2D eigenvalue weighted by Gasteiger charge is -2.19. The number of hydrogen-bond acceptors (Lipinski definition) is 3. The van der Waals surface area contributed by atoms with E-state index in [1.54, 1.807) is 0 Å². The van der Waals surface area contributed by atoms with Gasteiger partial charge < -0.3 is 14.8 Å². The zero-order valence-corrected chi connectivity index (χ0v) is 6.45. The topological polar surface area (TPSA) is 30.5 Å².